The van der Waals surface area contributed by atoms with E-state index in [9.17, 15) is 9.90 Å². The van der Waals surface area contributed by atoms with Crippen molar-refractivity contribution in [3.05, 3.63) is 0 Å². The number of carbonyl (C=O) groups excluding carboxylic acids is 1. The van der Waals surface area contributed by atoms with E-state index in [-0.39, 0.29) is 24.2 Å². The van der Waals surface area contributed by atoms with Crippen molar-refractivity contribution in [2.24, 2.45) is 22.2 Å². The molecule has 1 N–H and O–H groups in total. The Balaban J connectivity index is 1.62. The zero-order valence-electron chi connectivity index (χ0n) is 14.8. The third-order valence-corrected chi connectivity index (χ3v) is 7.05. The van der Waals surface area contributed by atoms with Crippen LogP contribution in [0.2, 0.25) is 0 Å². The fraction of sp³-hybridized carbons (Fsp3) is 0.947. The van der Waals surface area contributed by atoms with Crippen molar-refractivity contribution < 1.29 is 14.6 Å². The van der Waals surface area contributed by atoms with E-state index < -0.39 is 0 Å². The van der Waals surface area contributed by atoms with Gasteiger partial charge in [0, 0.05) is 6.54 Å². The highest BCUT2D eigenvalue weighted by Gasteiger charge is 2.63. The summed E-state index contributed by atoms with van der Waals surface area (Å²) in [5.41, 5.74) is 0.569. The molecule has 1 amide bonds. The molecule has 4 heteroatoms. The van der Waals surface area contributed by atoms with Crippen LogP contribution in [0, 0.1) is 22.2 Å². The summed E-state index contributed by atoms with van der Waals surface area (Å²) in [6, 6.07) is 0.124. The average molecular weight is 321 g/mol. The number of nitrogens with zero attached hydrogens (tertiary/aromatic N) is 1. The predicted octanol–water partition coefficient (Wildman–Crippen LogP) is 2.59. The lowest BCUT2D eigenvalue weighted by Gasteiger charge is -2.65. The van der Waals surface area contributed by atoms with Gasteiger partial charge in [0.25, 0.3) is 0 Å². The molecule has 5 fully saturated rings. The van der Waals surface area contributed by atoms with Crippen molar-refractivity contribution in [3.63, 3.8) is 0 Å². The summed E-state index contributed by atoms with van der Waals surface area (Å²) in [6.07, 6.45) is 6.94. The minimum Gasteiger partial charge on any atom is -0.394 e. The zero-order chi connectivity index (χ0) is 16.5. The standard InChI is InChI=1S/C19H31NO3/c1-13-9-23-15(8-21)7-20(13)16(22)19-6-14-4-17(2,11-19)10-18(3,5-14)12-19/h13-15,21H,4-12H2,1-3H3. The van der Waals surface area contributed by atoms with Crippen LogP contribution in [0.25, 0.3) is 0 Å². The number of hydrogen-bond acceptors (Lipinski definition) is 3. The van der Waals surface area contributed by atoms with Gasteiger partial charge in [0.1, 0.15) is 0 Å². The first-order valence-corrected chi connectivity index (χ1v) is 9.30. The van der Waals surface area contributed by atoms with Gasteiger partial charge in [0.05, 0.1) is 30.8 Å². The number of amides is 1. The van der Waals surface area contributed by atoms with E-state index >= 15 is 0 Å². The van der Waals surface area contributed by atoms with Gasteiger partial charge < -0.3 is 14.7 Å². The van der Waals surface area contributed by atoms with E-state index in [1.807, 2.05) is 4.90 Å². The first kappa shape index (κ1) is 15.9. The molecule has 0 radical (unpaired) electrons. The number of carbonyl (C=O) groups is 1. The van der Waals surface area contributed by atoms with Crippen molar-refractivity contribution in [3.8, 4) is 0 Å². The van der Waals surface area contributed by atoms with Gasteiger partial charge in [-0.2, -0.15) is 0 Å². The monoisotopic (exact) mass is 321 g/mol. The van der Waals surface area contributed by atoms with Crippen molar-refractivity contribution >= 4 is 5.91 Å². The molecule has 4 unspecified atom stereocenters. The van der Waals surface area contributed by atoms with Crippen LogP contribution >= 0.6 is 0 Å². The first-order chi connectivity index (χ1) is 10.8. The molecular weight excluding hydrogens is 290 g/mol. The maximum atomic E-state index is 13.6. The molecule has 4 aliphatic carbocycles. The van der Waals surface area contributed by atoms with Crippen LogP contribution < -0.4 is 0 Å². The van der Waals surface area contributed by atoms with Crippen molar-refractivity contribution in [1.29, 1.82) is 0 Å². The van der Waals surface area contributed by atoms with Crippen molar-refractivity contribution in [1.82, 2.24) is 4.90 Å². The zero-order valence-corrected chi connectivity index (χ0v) is 14.8. The van der Waals surface area contributed by atoms with Crippen LogP contribution in [-0.4, -0.2) is 47.8 Å². The summed E-state index contributed by atoms with van der Waals surface area (Å²) >= 11 is 0. The summed E-state index contributed by atoms with van der Waals surface area (Å²) in [5.74, 6) is 1.09. The molecule has 0 aromatic carbocycles. The summed E-state index contributed by atoms with van der Waals surface area (Å²) in [7, 11) is 0. The summed E-state index contributed by atoms with van der Waals surface area (Å²) in [5, 5.41) is 9.43. The Morgan fingerprint density at radius 1 is 1.17 bits per heavy atom. The minimum atomic E-state index is -0.213. The molecule has 0 aromatic rings. The number of rotatable bonds is 2. The molecular formula is C19H31NO3. The van der Waals surface area contributed by atoms with Crippen molar-refractivity contribution in [2.75, 3.05) is 19.8 Å². The molecule has 1 heterocycles. The number of aliphatic hydroxyl groups excluding tert-OH is 1. The summed E-state index contributed by atoms with van der Waals surface area (Å²) in [4.78, 5) is 15.6. The molecule has 4 bridgehead atoms. The molecule has 23 heavy (non-hydrogen) atoms. The van der Waals surface area contributed by atoms with Gasteiger partial charge >= 0.3 is 0 Å². The summed E-state index contributed by atoms with van der Waals surface area (Å²) in [6.45, 7) is 8.01. The minimum absolute atomic E-state index is 0.00154. The van der Waals surface area contributed by atoms with Gasteiger partial charge in [-0.3, -0.25) is 4.79 Å². The van der Waals surface area contributed by atoms with E-state index in [0.717, 1.165) is 25.2 Å². The Kier molecular flexibility index (Phi) is 3.42. The normalized spacial score (nSPS) is 52.0. The Morgan fingerprint density at radius 3 is 2.39 bits per heavy atom. The van der Waals surface area contributed by atoms with Gasteiger partial charge in [-0.15, -0.1) is 0 Å². The number of hydrogen-bond donors (Lipinski definition) is 1. The molecule has 5 aliphatic rings. The van der Waals surface area contributed by atoms with Crippen LogP contribution in [0.15, 0.2) is 0 Å². The fourth-order valence-electron chi connectivity index (χ4n) is 7.20. The smallest absolute Gasteiger partial charge is 0.229 e. The highest BCUT2D eigenvalue weighted by Crippen LogP contribution is 2.69. The van der Waals surface area contributed by atoms with E-state index in [4.69, 9.17) is 4.74 Å². The highest BCUT2D eigenvalue weighted by atomic mass is 16.5. The maximum Gasteiger partial charge on any atom is 0.229 e. The molecule has 0 spiro atoms. The number of aliphatic hydroxyl groups is 1. The third kappa shape index (κ3) is 2.44. The lowest BCUT2D eigenvalue weighted by Crippen LogP contribution is -2.63. The van der Waals surface area contributed by atoms with Gasteiger partial charge in [-0.05, 0) is 62.2 Å². The summed E-state index contributed by atoms with van der Waals surface area (Å²) < 4.78 is 5.63. The first-order valence-electron chi connectivity index (χ1n) is 9.30. The number of ether oxygens (including phenoxy) is 1. The van der Waals surface area contributed by atoms with Crippen LogP contribution in [0.5, 0.6) is 0 Å². The Hall–Kier alpha value is -0.610. The quantitative estimate of drug-likeness (QED) is 0.850. The van der Waals surface area contributed by atoms with Crippen LogP contribution in [0.4, 0.5) is 0 Å². The lowest BCUT2D eigenvalue weighted by molar-refractivity contribution is -0.188. The SMILES string of the molecule is CC1COC(CO)CN1C(=O)C12CC3CC(C)(CC(C)(C3)C1)C2. The molecule has 130 valence electrons. The Morgan fingerprint density at radius 2 is 1.83 bits per heavy atom. The fourth-order valence-corrected chi connectivity index (χ4v) is 7.20. The van der Waals surface area contributed by atoms with Gasteiger partial charge in [-0.1, -0.05) is 13.8 Å². The lowest BCUT2D eigenvalue weighted by atomic mass is 9.40. The van der Waals surface area contributed by atoms with E-state index in [2.05, 4.69) is 20.8 Å². The van der Waals surface area contributed by atoms with Crippen LogP contribution in [0.3, 0.4) is 0 Å². The molecule has 1 aliphatic heterocycles. The second-order valence-corrected chi connectivity index (χ2v) is 9.85. The van der Waals surface area contributed by atoms with Gasteiger partial charge in [-0.25, -0.2) is 0 Å². The topological polar surface area (TPSA) is 49.8 Å². The van der Waals surface area contributed by atoms with E-state index in [1.165, 1.54) is 19.3 Å². The predicted molar refractivity (Wildman–Crippen MR) is 87.8 cm³/mol. The van der Waals surface area contributed by atoms with Crippen molar-refractivity contribution in [2.45, 2.75) is 71.4 Å². The Bertz CT molecular complexity index is 501. The van der Waals surface area contributed by atoms with Crippen LogP contribution in [0.1, 0.15) is 59.3 Å². The average Bonchev–Trinajstić information content (AvgIpc) is 2.43. The second-order valence-electron chi connectivity index (χ2n) is 9.85. The van der Waals surface area contributed by atoms with Gasteiger partial charge in [0.15, 0.2) is 0 Å². The van der Waals surface area contributed by atoms with E-state index in [0.29, 0.717) is 29.9 Å². The number of morpholine rings is 1. The van der Waals surface area contributed by atoms with E-state index in [1.54, 1.807) is 0 Å². The van der Waals surface area contributed by atoms with Crippen LogP contribution in [-0.2, 0) is 9.53 Å². The Labute approximate surface area is 139 Å². The molecule has 5 rings (SSSR count). The largest absolute Gasteiger partial charge is 0.394 e. The molecule has 4 atom stereocenters. The molecule has 1 saturated heterocycles. The third-order valence-electron chi connectivity index (χ3n) is 7.05. The molecule has 4 nitrogen and oxygen atoms in total. The van der Waals surface area contributed by atoms with Gasteiger partial charge in [0.2, 0.25) is 5.91 Å². The maximum absolute atomic E-state index is 13.6. The highest BCUT2D eigenvalue weighted by molar-refractivity contribution is 5.84. The second kappa shape index (κ2) is 4.95. The molecule has 4 saturated carbocycles. The molecule has 0 aromatic heterocycles.